The minimum atomic E-state index is -0.511. The molecule has 2 N–H and O–H groups in total. The fourth-order valence-electron chi connectivity index (χ4n) is 2.39. The lowest BCUT2D eigenvalue weighted by Crippen LogP contribution is -2.23. The van der Waals surface area contributed by atoms with E-state index < -0.39 is 17.0 Å². The van der Waals surface area contributed by atoms with Gasteiger partial charge in [-0.05, 0) is 31.2 Å². The number of rotatable bonds is 7. The number of benzene rings is 1. The van der Waals surface area contributed by atoms with E-state index in [0.717, 1.165) is 0 Å². The van der Waals surface area contributed by atoms with E-state index in [-0.39, 0.29) is 18.0 Å². The van der Waals surface area contributed by atoms with Crippen molar-refractivity contribution in [2.24, 2.45) is 7.05 Å². The van der Waals surface area contributed by atoms with E-state index in [0.29, 0.717) is 16.7 Å². The van der Waals surface area contributed by atoms with E-state index in [1.807, 2.05) is 0 Å². The highest BCUT2D eigenvalue weighted by Gasteiger charge is 2.20. The smallest absolute Gasteiger partial charge is 0.237 e. The highest BCUT2D eigenvalue weighted by molar-refractivity contribution is 8.00. The molecule has 10 heteroatoms. The first kappa shape index (κ1) is 20.5. The molecule has 2 amide bonds. The van der Waals surface area contributed by atoms with E-state index in [1.54, 1.807) is 55.2 Å². The second-order valence-corrected chi connectivity index (χ2v) is 7.46. The number of nitrogens with one attached hydrogen (secondary N) is 2. The third kappa shape index (κ3) is 5.38. The van der Waals surface area contributed by atoms with E-state index in [9.17, 15) is 14.0 Å². The van der Waals surface area contributed by atoms with E-state index >= 15 is 0 Å². The Bertz CT molecular complexity index is 1010. The van der Waals surface area contributed by atoms with Gasteiger partial charge in [-0.1, -0.05) is 23.9 Å². The summed E-state index contributed by atoms with van der Waals surface area (Å²) in [6, 6.07) is 9.40. The third-order valence-electron chi connectivity index (χ3n) is 3.97. The summed E-state index contributed by atoms with van der Waals surface area (Å²) in [6.45, 7) is 1.75. The second-order valence-electron chi connectivity index (χ2n) is 6.15. The summed E-state index contributed by atoms with van der Waals surface area (Å²) in [4.78, 5) is 28.5. The minimum absolute atomic E-state index is 0.0747. The molecule has 150 valence electrons. The number of carbonyl (C=O) groups is 2. The van der Waals surface area contributed by atoms with Gasteiger partial charge < -0.3 is 15.2 Å². The van der Waals surface area contributed by atoms with Gasteiger partial charge in [0, 0.05) is 13.2 Å². The van der Waals surface area contributed by atoms with Crippen molar-refractivity contribution in [2.75, 3.05) is 10.6 Å². The minimum Gasteiger partial charge on any atom is -0.324 e. The number of anilines is 2. The lowest BCUT2D eigenvalue weighted by molar-refractivity contribution is -0.116. The summed E-state index contributed by atoms with van der Waals surface area (Å²) in [7, 11) is 1.71. The summed E-state index contributed by atoms with van der Waals surface area (Å²) in [5, 5.41) is 13.4. The standard InChI is InChI=1S/C19H19FN6O2S/c1-12(18(28)22-13-6-5-9-21-11-13)29-19-25-24-16(26(19)2)10-17(27)23-15-8-4-3-7-14(15)20/h3-9,11-12H,10H2,1-2H3,(H,22,28)(H,23,27)/t12-/m0/s1. The van der Waals surface area contributed by atoms with Gasteiger partial charge in [0.25, 0.3) is 0 Å². The maximum absolute atomic E-state index is 13.7. The van der Waals surface area contributed by atoms with Crippen molar-refractivity contribution in [1.29, 1.82) is 0 Å². The molecule has 1 aromatic carbocycles. The third-order valence-corrected chi connectivity index (χ3v) is 5.11. The van der Waals surface area contributed by atoms with Crippen LogP contribution in [-0.2, 0) is 23.1 Å². The fourth-order valence-corrected chi connectivity index (χ4v) is 3.23. The number of nitrogens with zero attached hydrogens (tertiary/aromatic N) is 4. The maximum Gasteiger partial charge on any atom is 0.237 e. The van der Waals surface area contributed by atoms with Crippen LogP contribution in [-0.4, -0.2) is 36.8 Å². The average molecular weight is 414 g/mol. The monoisotopic (exact) mass is 414 g/mol. The van der Waals surface area contributed by atoms with Gasteiger partial charge in [-0.3, -0.25) is 14.6 Å². The molecule has 2 aromatic heterocycles. The number of hydrogen-bond donors (Lipinski definition) is 2. The molecule has 0 saturated carbocycles. The molecule has 8 nitrogen and oxygen atoms in total. The van der Waals surface area contributed by atoms with Gasteiger partial charge in [-0.25, -0.2) is 4.39 Å². The van der Waals surface area contributed by atoms with Crippen LogP contribution in [0.3, 0.4) is 0 Å². The number of aromatic nitrogens is 4. The molecule has 0 radical (unpaired) electrons. The lowest BCUT2D eigenvalue weighted by atomic mass is 10.3. The van der Waals surface area contributed by atoms with Crippen LogP contribution in [0.4, 0.5) is 15.8 Å². The van der Waals surface area contributed by atoms with Crippen LogP contribution in [0.2, 0.25) is 0 Å². The Morgan fingerprint density at radius 2 is 1.97 bits per heavy atom. The van der Waals surface area contributed by atoms with Crippen LogP contribution >= 0.6 is 11.8 Å². The Kier molecular flexibility index (Phi) is 6.55. The first-order valence-electron chi connectivity index (χ1n) is 8.74. The zero-order valence-electron chi connectivity index (χ0n) is 15.8. The molecular weight excluding hydrogens is 395 g/mol. The number of hydrogen-bond acceptors (Lipinski definition) is 6. The average Bonchev–Trinajstić information content (AvgIpc) is 3.04. The van der Waals surface area contributed by atoms with Crippen LogP contribution in [0, 0.1) is 5.82 Å². The maximum atomic E-state index is 13.7. The molecule has 0 fully saturated rings. The largest absolute Gasteiger partial charge is 0.324 e. The Hall–Kier alpha value is -3.27. The molecule has 1 atom stereocenters. The number of amides is 2. The molecule has 3 aromatic rings. The summed E-state index contributed by atoms with van der Waals surface area (Å²) in [6.07, 6.45) is 3.11. The summed E-state index contributed by atoms with van der Waals surface area (Å²) >= 11 is 1.22. The normalized spacial score (nSPS) is 11.7. The first-order chi connectivity index (χ1) is 13.9. The first-order valence-corrected chi connectivity index (χ1v) is 9.62. The lowest BCUT2D eigenvalue weighted by Gasteiger charge is -2.11. The van der Waals surface area contributed by atoms with Crippen LogP contribution in [0.5, 0.6) is 0 Å². The summed E-state index contributed by atoms with van der Waals surface area (Å²) < 4.78 is 15.3. The van der Waals surface area contributed by atoms with E-state index in [4.69, 9.17) is 0 Å². The topological polar surface area (TPSA) is 102 Å². The fraction of sp³-hybridized carbons (Fsp3) is 0.211. The second kappa shape index (κ2) is 9.28. The Morgan fingerprint density at radius 3 is 2.69 bits per heavy atom. The molecule has 2 heterocycles. The van der Waals surface area contributed by atoms with Gasteiger partial charge in [0.1, 0.15) is 11.6 Å². The van der Waals surface area contributed by atoms with Crippen molar-refractivity contribution in [2.45, 2.75) is 23.8 Å². The highest BCUT2D eigenvalue weighted by atomic mass is 32.2. The molecule has 0 aliphatic carbocycles. The molecule has 0 spiro atoms. The Labute approximate surface area is 170 Å². The van der Waals surface area contributed by atoms with Gasteiger partial charge in [-0.15, -0.1) is 10.2 Å². The Balaban J connectivity index is 1.59. The van der Waals surface area contributed by atoms with Crippen LogP contribution in [0.1, 0.15) is 12.7 Å². The zero-order valence-corrected chi connectivity index (χ0v) is 16.6. The number of pyridine rings is 1. The van der Waals surface area contributed by atoms with Crippen LogP contribution < -0.4 is 10.6 Å². The molecule has 3 rings (SSSR count). The van der Waals surface area contributed by atoms with Crippen molar-refractivity contribution < 1.29 is 14.0 Å². The van der Waals surface area contributed by atoms with Gasteiger partial charge in [-0.2, -0.15) is 0 Å². The number of thioether (sulfide) groups is 1. The highest BCUT2D eigenvalue weighted by Crippen LogP contribution is 2.23. The van der Waals surface area contributed by atoms with Crippen molar-refractivity contribution in [3.63, 3.8) is 0 Å². The van der Waals surface area contributed by atoms with Crippen molar-refractivity contribution in [3.8, 4) is 0 Å². The van der Waals surface area contributed by atoms with Crippen molar-refractivity contribution in [3.05, 3.63) is 60.4 Å². The number of carbonyl (C=O) groups excluding carboxylic acids is 2. The van der Waals surface area contributed by atoms with Gasteiger partial charge in [0.05, 0.1) is 29.2 Å². The van der Waals surface area contributed by atoms with Crippen LogP contribution in [0.15, 0.2) is 53.9 Å². The SMILES string of the molecule is C[C@H](Sc1nnc(CC(=O)Nc2ccccc2F)n1C)C(=O)Nc1cccnc1. The Morgan fingerprint density at radius 1 is 1.17 bits per heavy atom. The molecule has 0 aliphatic heterocycles. The van der Waals surface area contributed by atoms with Gasteiger partial charge >= 0.3 is 0 Å². The van der Waals surface area contributed by atoms with Crippen LogP contribution in [0.25, 0.3) is 0 Å². The molecule has 29 heavy (non-hydrogen) atoms. The molecule has 0 bridgehead atoms. The predicted octanol–water partition coefficient (Wildman–Crippen LogP) is 2.65. The van der Waals surface area contributed by atoms with Crippen molar-refractivity contribution in [1.82, 2.24) is 19.7 Å². The molecule has 0 unspecified atom stereocenters. The number of para-hydroxylation sites is 1. The summed E-state index contributed by atoms with van der Waals surface area (Å²) in [5.74, 6) is -0.723. The van der Waals surface area contributed by atoms with Gasteiger partial charge in [0.2, 0.25) is 11.8 Å². The molecular formula is C19H19FN6O2S. The van der Waals surface area contributed by atoms with Crippen molar-refractivity contribution >= 4 is 35.0 Å². The van der Waals surface area contributed by atoms with Gasteiger partial charge in [0.15, 0.2) is 5.16 Å². The van der Waals surface area contributed by atoms with E-state index in [1.165, 1.54) is 23.9 Å². The zero-order chi connectivity index (χ0) is 20.8. The summed E-state index contributed by atoms with van der Waals surface area (Å²) in [5.41, 5.74) is 0.711. The van der Waals surface area contributed by atoms with E-state index in [2.05, 4.69) is 25.8 Å². The predicted molar refractivity (Wildman–Crippen MR) is 108 cm³/mol. The molecule has 0 saturated heterocycles. The quantitative estimate of drug-likeness (QED) is 0.577. The number of halogens is 1. The molecule has 0 aliphatic rings.